The predicted molar refractivity (Wildman–Crippen MR) is 80.8 cm³/mol. The number of aromatic carboxylic acids is 1. The van der Waals surface area contributed by atoms with Crippen molar-refractivity contribution in [1.82, 2.24) is 4.68 Å². The van der Waals surface area contributed by atoms with Crippen LogP contribution in [-0.2, 0) is 4.79 Å². The van der Waals surface area contributed by atoms with Gasteiger partial charge in [-0.15, -0.1) is 0 Å². The van der Waals surface area contributed by atoms with E-state index < -0.39 is 5.97 Å². The highest BCUT2D eigenvalue weighted by atomic mass is 79.9. The number of carbonyl (C=O) groups excluding carboxylic acids is 1. The first-order chi connectivity index (χ1) is 9.41. The summed E-state index contributed by atoms with van der Waals surface area (Å²) < 4.78 is 1.32. The molecule has 1 heterocycles. The van der Waals surface area contributed by atoms with Crippen LogP contribution in [0.3, 0.4) is 0 Å². The zero-order valence-corrected chi connectivity index (χ0v) is 12.7. The van der Waals surface area contributed by atoms with Crippen molar-refractivity contribution in [3.63, 3.8) is 0 Å². The van der Waals surface area contributed by atoms with Crippen molar-refractivity contribution >= 4 is 38.7 Å². The number of halogens is 1. The van der Waals surface area contributed by atoms with Gasteiger partial charge in [-0.1, -0.05) is 48.0 Å². The van der Waals surface area contributed by atoms with E-state index >= 15 is 0 Å². The lowest BCUT2D eigenvalue weighted by Gasteiger charge is -2.16. The first-order valence-electron chi connectivity index (χ1n) is 6.20. The minimum atomic E-state index is -1.09. The summed E-state index contributed by atoms with van der Waals surface area (Å²) in [6, 6.07) is 8.72. The average molecular weight is 339 g/mol. The topological polar surface area (TPSA) is 71.3 Å². The van der Waals surface area contributed by atoms with E-state index in [-0.39, 0.29) is 22.3 Å². The van der Waals surface area contributed by atoms with Crippen molar-refractivity contribution in [1.29, 1.82) is 0 Å². The van der Waals surface area contributed by atoms with Crippen LogP contribution in [-0.4, -0.2) is 26.5 Å². The van der Waals surface area contributed by atoms with Gasteiger partial charge in [0.1, 0.15) is 5.69 Å². The van der Waals surface area contributed by atoms with Crippen LogP contribution in [0.4, 0.5) is 0 Å². The minimum Gasteiger partial charge on any atom is -0.477 e. The number of carbonyl (C=O) groups is 2. The van der Waals surface area contributed by atoms with E-state index in [4.69, 9.17) is 0 Å². The van der Waals surface area contributed by atoms with Gasteiger partial charge in [0.25, 0.3) is 5.91 Å². The number of hydrogen-bond acceptors (Lipinski definition) is 2. The number of nitrogens with zero attached hydrogens (tertiary/aromatic N) is 1. The molecular formula is C14H15BrN2O3. The smallest absolute Gasteiger partial charge is 0.354 e. The van der Waals surface area contributed by atoms with Crippen molar-refractivity contribution in [2.75, 3.05) is 5.43 Å². The van der Waals surface area contributed by atoms with Crippen molar-refractivity contribution in [2.24, 2.45) is 5.92 Å². The van der Waals surface area contributed by atoms with E-state index in [0.29, 0.717) is 5.52 Å². The molecule has 1 aromatic heterocycles. The minimum absolute atomic E-state index is 0.0306. The molecule has 0 spiro atoms. The number of benzene rings is 1. The lowest BCUT2D eigenvalue weighted by atomic mass is 10.1. The van der Waals surface area contributed by atoms with Crippen LogP contribution in [0, 0.1) is 5.92 Å². The summed E-state index contributed by atoms with van der Waals surface area (Å²) in [4.78, 5) is 23.0. The number of amides is 1. The Morgan fingerprint density at radius 3 is 2.55 bits per heavy atom. The van der Waals surface area contributed by atoms with Crippen molar-refractivity contribution < 1.29 is 14.7 Å². The Morgan fingerprint density at radius 2 is 1.95 bits per heavy atom. The van der Waals surface area contributed by atoms with Gasteiger partial charge in [-0.25, -0.2) is 9.47 Å². The normalized spacial score (nSPS) is 12.6. The molecule has 0 radical (unpaired) electrons. The molecule has 106 valence electrons. The van der Waals surface area contributed by atoms with E-state index in [1.54, 1.807) is 18.2 Å². The lowest BCUT2D eigenvalue weighted by Crippen LogP contribution is -2.34. The molecule has 1 aromatic carbocycles. The van der Waals surface area contributed by atoms with Crippen molar-refractivity contribution in [2.45, 2.75) is 18.7 Å². The molecule has 1 unspecified atom stereocenters. The molecule has 0 aliphatic rings. The van der Waals surface area contributed by atoms with E-state index in [1.807, 2.05) is 19.9 Å². The Morgan fingerprint density at radius 1 is 1.30 bits per heavy atom. The largest absolute Gasteiger partial charge is 0.477 e. The highest BCUT2D eigenvalue weighted by molar-refractivity contribution is 9.10. The first kappa shape index (κ1) is 14.6. The molecule has 0 aliphatic heterocycles. The number of aromatic nitrogens is 1. The van der Waals surface area contributed by atoms with Gasteiger partial charge in [-0.05, 0) is 18.1 Å². The molecular weight excluding hydrogens is 324 g/mol. The number of rotatable bonds is 4. The fourth-order valence-corrected chi connectivity index (χ4v) is 2.01. The molecule has 0 aliphatic carbocycles. The first-order valence-corrected chi connectivity index (χ1v) is 7.12. The van der Waals surface area contributed by atoms with Gasteiger partial charge in [0.15, 0.2) is 0 Å². The Hall–Kier alpha value is -1.82. The van der Waals surface area contributed by atoms with Gasteiger partial charge in [0, 0.05) is 5.39 Å². The third kappa shape index (κ3) is 2.70. The summed E-state index contributed by atoms with van der Waals surface area (Å²) in [7, 11) is 0. The van der Waals surface area contributed by atoms with Crippen LogP contribution < -0.4 is 5.43 Å². The molecule has 2 aromatic rings. The van der Waals surface area contributed by atoms with Gasteiger partial charge in [0.2, 0.25) is 0 Å². The van der Waals surface area contributed by atoms with Crippen molar-refractivity contribution in [3.8, 4) is 0 Å². The number of carboxylic acids is 1. The molecule has 0 saturated heterocycles. The second-order valence-electron chi connectivity index (χ2n) is 4.85. The molecule has 0 saturated carbocycles. The highest BCUT2D eigenvalue weighted by Gasteiger charge is 2.22. The maximum atomic E-state index is 12.1. The molecule has 6 heteroatoms. The summed E-state index contributed by atoms with van der Waals surface area (Å²) in [5, 5.41) is 10.0. The zero-order chi connectivity index (χ0) is 14.9. The predicted octanol–water partition coefficient (Wildman–Crippen LogP) is 2.83. The number of nitrogens with one attached hydrogen (secondary N) is 1. The van der Waals surface area contributed by atoms with Crippen LogP contribution in [0.15, 0.2) is 30.3 Å². The average Bonchev–Trinajstić information content (AvgIpc) is 2.77. The number of para-hydroxylation sites is 1. The molecule has 5 nitrogen and oxygen atoms in total. The van der Waals surface area contributed by atoms with Crippen LogP contribution >= 0.6 is 15.9 Å². The summed E-state index contributed by atoms with van der Waals surface area (Å²) in [5.41, 5.74) is 3.33. The Balaban J connectivity index is 2.44. The van der Waals surface area contributed by atoms with E-state index in [0.717, 1.165) is 5.39 Å². The highest BCUT2D eigenvalue weighted by Crippen LogP contribution is 2.20. The Bertz CT molecular complexity index is 663. The van der Waals surface area contributed by atoms with Gasteiger partial charge < -0.3 is 5.11 Å². The molecule has 0 bridgehead atoms. The fourth-order valence-electron chi connectivity index (χ4n) is 1.91. The monoisotopic (exact) mass is 338 g/mol. The molecule has 1 amide bonds. The summed E-state index contributed by atoms with van der Waals surface area (Å²) >= 11 is 3.31. The third-order valence-corrected chi connectivity index (χ3v) is 4.46. The molecule has 2 N–H and O–H groups in total. The number of alkyl halides is 1. The molecule has 1 atom stereocenters. The summed E-state index contributed by atoms with van der Waals surface area (Å²) in [6.45, 7) is 3.82. The maximum absolute atomic E-state index is 12.1. The maximum Gasteiger partial charge on any atom is 0.354 e. The van der Waals surface area contributed by atoms with Gasteiger partial charge in [0.05, 0.1) is 10.3 Å². The van der Waals surface area contributed by atoms with Crippen LogP contribution in [0.5, 0.6) is 0 Å². The van der Waals surface area contributed by atoms with E-state index in [1.165, 1.54) is 10.7 Å². The van der Waals surface area contributed by atoms with Crippen LogP contribution in [0.1, 0.15) is 24.3 Å². The lowest BCUT2D eigenvalue weighted by molar-refractivity contribution is -0.117. The fraction of sp³-hybridized carbons (Fsp3) is 0.286. The van der Waals surface area contributed by atoms with Crippen LogP contribution in [0.2, 0.25) is 0 Å². The summed E-state index contributed by atoms with van der Waals surface area (Å²) in [6.07, 6.45) is 0. The molecule has 0 fully saturated rings. The second kappa shape index (κ2) is 5.66. The summed E-state index contributed by atoms with van der Waals surface area (Å²) in [5.74, 6) is -1.26. The second-order valence-corrected chi connectivity index (χ2v) is 5.84. The standard InChI is InChI=1S/C14H15BrN2O3/c1-8(2)12(15)13(18)16-17-10-6-4-3-5-9(10)7-11(17)14(19)20/h3-8,12H,1-2H3,(H,16,18)(H,19,20). The number of hydrogen-bond donors (Lipinski definition) is 2. The molecule has 20 heavy (non-hydrogen) atoms. The Kier molecular flexibility index (Phi) is 4.13. The van der Waals surface area contributed by atoms with Gasteiger partial charge >= 0.3 is 5.97 Å². The van der Waals surface area contributed by atoms with Crippen molar-refractivity contribution in [3.05, 3.63) is 36.0 Å². The molecule has 2 rings (SSSR count). The van der Waals surface area contributed by atoms with E-state index in [2.05, 4.69) is 21.4 Å². The SMILES string of the molecule is CC(C)C(Br)C(=O)Nn1c(C(=O)O)cc2ccccc21. The Labute approximate surface area is 124 Å². The van der Waals surface area contributed by atoms with Crippen LogP contribution in [0.25, 0.3) is 10.9 Å². The number of carboxylic acid groups (broad SMARTS) is 1. The van der Waals surface area contributed by atoms with Gasteiger partial charge in [-0.2, -0.15) is 0 Å². The third-order valence-electron chi connectivity index (χ3n) is 2.99. The van der Waals surface area contributed by atoms with E-state index in [9.17, 15) is 14.7 Å². The quantitative estimate of drug-likeness (QED) is 0.842. The zero-order valence-electron chi connectivity index (χ0n) is 11.1. The number of fused-ring (bicyclic) bond motifs is 1. The van der Waals surface area contributed by atoms with Gasteiger partial charge in [-0.3, -0.25) is 10.2 Å².